The molecule has 3 aromatic rings. The summed E-state index contributed by atoms with van der Waals surface area (Å²) in [6.45, 7) is 2.12. The Bertz CT molecular complexity index is 887. The smallest absolute Gasteiger partial charge is 0.289 e. The lowest BCUT2D eigenvalue weighted by Crippen LogP contribution is -2.38. The SMILES string of the molecule is CCc1cccc(NC(=S)/C(=C(\O)c2cccs2)[n+]2ccccc2)c1. The van der Waals surface area contributed by atoms with E-state index in [4.69, 9.17) is 12.2 Å². The van der Waals surface area contributed by atoms with Crippen LogP contribution in [0.3, 0.4) is 0 Å². The van der Waals surface area contributed by atoms with Crippen molar-refractivity contribution < 1.29 is 9.67 Å². The minimum atomic E-state index is 0.162. The van der Waals surface area contributed by atoms with Gasteiger partial charge >= 0.3 is 0 Å². The highest BCUT2D eigenvalue weighted by Crippen LogP contribution is 2.23. The fourth-order valence-corrected chi connectivity index (χ4v) is 3.47. The molecule has 0 saturated carbocycles. The topological polar surface area (TPSA) is 36.1 Å². The summed E-state index contributed by atoms with van der Waals surface area (Å²) in [5.74, 6) is 0.162. The van der Waals surface area contributed by atoms with Gasteiger partial charge in [-0.15, -0.1) is 11.3 Å². The fourth-order valence-electron chi connectivity index (χ4n) is 2.48. The van der Waals surface area contributed by atoms with Crippen LogP contribution in [0.2, 0.25) is 0 Å². The summed E-state index contributed by atoms with van der Waals surface area (Å²) >= 11 is 7.10. The van der Waals surface area contributed by atoms with Gasteiger partial charge in [-0.05, 0) is 35.6 Å². The molecule has 1 aromatic carbocycles. The van der Waals surface area contributed by atoms with Gasteiger partial charge in [-0.3, -0.25) is 0 Å². The van der Waals surface area contributed by atoms with Crippen molar-refractivity contribution in [1.82, 2.24) is 0 Å². The number of aliphatic hydroxyl groups excluding tert-OH is 1. The molecule has 0 aliphatic carbocycles. The molecule has 3 nitrogen and oxygen atoms in total. The second kappa shape index (κ2) is 8.05. The molecule has 2 N–H and O–H groups in total. The summed E-state index contributed by atoms with van der Waals surface area (Å²) in [6.07, 6.45) is 4.70. The van der Waals surface area contributed by atoms with Crippen LogP contribution >= 0.6 is 23.6 Å². The number of aromatic nitrogens is 1. The van der Waals surface area contributed by atoms with Gasteiger partial charge in [-0.1, -0.05) is 43.4 Å². The molecule has 3 rings (SSSR count). The number of thiocarbonyl (C=S) groups is 1. The Morgan fingerprint density at radius 2 is 1.92 bits per heavy atom. The number of pyridine rings is 1. The molecule has 0 fully saturated rings. The zero-order valence-corrected chi connectivity index (χ0v) is 15.5. The molecule has 5 heteroatoms. The lowest BCUT2D eigenvalue weighted by Gasteiger charge is -2.10. The summed E-state index contributed by atoms with van der Waals surface area (Å²) < 4.78 is 1.83. The van der Waals surface area contributed by atoms with Crippen LogP contribution in [0.25, 0.3) is 11.5 Å². The van der Waals surface area contributed by atoms with E-state index in [9.17, 15) is 5.11 Å². The summed E-state index contributed by atoms with van der Waals surface area (Å²) in [5.41, 5.74) is 2.70. The first-order valence-corrected chi connectivity index (χ1v) is 9.32. The van der Waals surface area contributed by atoms with E-state index in [1.54, 1.807) is 0 Å². The van der Waals surface area contributed by atoms with Crippen LogP contribution in [-0.4, -0.2) is 10.1 Å². The van der Waals surface area contributed by atoms with Crippen LogP contribution in [0.1, 0.15) is 17.4 Å². The number of benzene rings is 1. The normalized spacial score (nSPS) is 11.7. The minimum absolute atomic E-state index is 0.162. The highest BCUT2D eigenvalue weighted by molar-refractivity contribution is 7.81. The fraction of sp³-hybridized carbons (Fsp3) is 0.100. The second-order valence-electron chi connectivity index (χ2n) is 5.47. The first-order valence-electron chi connectivity index (χ1n) is 8.03. The molecule has 25 heavy (non-hydrogen) atoms. The predicted molar refractivity (Wildman–Crippen MR) is 109 cm³/mol. The van der Waals surface area contributed by atoms with Crippen molar-refractivity contribution in [2.75, 3.05) is 5.32 Å². The zero-order valence-electron chi connectivity index (χ0n) is 13.8. The van der Waals surface area contributed by atoms with Gasteiger partial charge in [0.2, 0.25) is 5.76 Å². The van der Waals surface area contributed by atoms with Gasteiger partial charge in [0.15, 0.2) is 17.4 Å². The number of aryl methyl sites for hydroxylation is 1. The molecular formula is C20H19N2OS2+. The summed E-state index contributed by atoms with van der Waals surface area (Å²) in [4.78, 5) is 1.24. The molecular weight excluding hydrogens is 348 g/mol. The van der Waals surface area contributed by atoms with Crippen molar-refractivity contribution in [3.63, 3.8) is 0 Å². The molecule has 0 amide bonds. The monoisotopic (exact) mass is 367 g/mol. The molecule has 0 bridgehead atoms. The number of rotatable bonds is 5. The molecule has 2 aromatic heterocycles. The van der Waals surface area contributed by atoms with Crippen LogP contribution in [-0.2, 0) is 6.42 Å². The van der Waals surface area contributed by atoms with Crippen LogP contribution in [0.15, 0.2) is 72.4 Å². The van der Waals surface area contributed by atoms with Gasteiger partial charge in [-0.2, -0.15) is 4.57 Å². The van der Waals surface area contributed by atoms with E-state index in [1.165, 1.54) is 16.9 Å². The highest BCUT2D eigenvalue weighted by Gasteiger charge is 2.24. The van der Waals surface area contributed by atoms with E-state index in [2.05, 4.69) is 24.4 Å². The summed E-state index contributed by atoms with van der Waals surface area (Å²) in [5, 5.41) is 16.0. The number of hydrogen-bond donors (Lipinski definition) is 2. The maximum atomic E-state index is 10.8. The third kappa shape index (κ3) is 4.13. The Hall–Kier alpha value is -2.50. The van der Waals surface area contributed by atoms with E-state index in [-0.39, 0.29) is 5.76 Å². The van der Waals surface area contributed by atoms with Gasteiger partial charge < -0.3 is 10.4 Å². The summed E-state index contributed by atoms with van der Waals surface area (Å²) in [7, 11) is 0. The average Bonchev–Trinajstić information content (AvgIpc) is 3.17. The molecule has 0 aliphatic rings. The first-order chi connectivity index (χ1) is 12.2. The van der Waals surface area contributed by atoms with Crippen molar-refractivity contribution in [2.45, 2.75) is 13.3 Å². The van der Waals surface area contributed by atoms with Crippen molar-refractivity contribution in [2.24, 2.45) is 0 Å². The van der Waals surface area contributed by atoms with Gasteiger partial charge in [0, 0.05) is 17.8 Å². The van der Waals surface area contributed by atoms with Crippen LogP contribution < -0.4 is 9.88 Å². The molecule has 126 valence electrons. The predicted octanol–water partition coefficient (Wildman–Crippen LogP) is 4.92. The third-order valence-electron chi connectivity index (χ3n) is 3.76. The van der Waals surface area contributed by atoms with Crippen LogP contribution in [0.4, 0.5) is 5.69 Å². The first kappa shape index (κ1) is 17.3. The van der Waals surface area contributed by atoms with E-state index in [1.807, 2.05) is 64.8 Å². The van der Waals surface area contributed by atoms with Gasteiger partial charge in [0.1, 0.15) is 0 Å². The summed E-state index contributed by atoms with van der Waals surface area (Å²) in [6, 6.07) is 17.7. The number of nitrogens with one attached hydrogen (secondary N) is 1. The maximum Gasteiger partial charge on any atom is 0.289 e. The Balaban J connectivity index is 2.00. The van der Waals surface area contributed by atoms with E-state index >= 15 is 0 Å². The number of anilines is 1. The number of aliphatic hydroxyl groups is 1. The molecule has 0 unspecified atom stereocenters. The van der Waals surface area contributed by atoms with Crippen molar-refractivity contribution in [3.05, 3.63) is 82.8 Å². The van der Waals surface area contributed by atoms with Gasteiger partial charge in [0.25, 0.3) is 5.70 Å². The quantitative estimate of drug-likeness (QED) is 0.291. The number of hydrogen-bond acceptors (Lipinski definition) is 3. The lowest BCUT2D eigenvalue weighted by molar-refractivity contribution is -0.575. The Morgan fingerprint density at radius 3 is 2.60 bits per heavy atom. The largest absolute Gasteiger partial charge is 0.501 e. The number of nitrogens with zero attached hydrogens (tertiary/aromatic N) is 1. The zero-order chi connectivity index (χ0) is 17.6. The van der Waals surface area contributed by atoms with Crippen LogP contribution in [0, 0.1) is 0 Å². The Morgan fingerprint density at radius 1 is 1.12 bits per heavy atom. The second-order valence-corrected chi connectivity index (χ2v) is 6.82. The van der Waals surface area contributed by atoms with Crippen molar-refractivity contribution >= 4 is 45.7 Å². The third-order valence-corrected chi connectivity index (χ3v) is 4.93. The standard InChI is InChI=1S/C20H18N2OS2/c1-2-15-8-6-9-16(14-15)21-20(24)18(22-11-4-3-5-12-22)19(23)17-10-7-13-25-17/h3-14H,2H2,1H3,(H-,21,23,24)/p+1. The Labute approximate surface area is 156 Å². The van der Waals surface area contributed by atoms with Gasteiger partial charge in [0.05, 0.1) is 4.88 Å². The molecule has 0 radical (unpaired) electrons. The van der Waals surface area contributed by atoms with Gasteiger partial charge in [-0.25, -0.2) is 0 Å². The highest BCUT2D eigenvalue weighted by atomic mass is 32.1. The van der Waals surface area contributed by atoms with E-state index < -0.39 is 0 Å². The van der Waals surface area contributed by atoms with Crippen molar-refractivity contribution in [1.29, 1.82) is 0 Å². The van der Waals surface area contributed by atoms with E-state index in [0.29, 0.717) is 10.7 Å². The Kier molecular flexibility index (Phi) is 5.58. The van der Waals surface area contributed by atoms with Crippen molar-refractivity contribution in [3.8, 4) is 0 Å². The molecule has 0 saturated heterocycles. The lowest BCUT2D eigenvalue weighted by atomic mass is 10.1. The maximum absolute atomic E-state index is 10.8. The van der Waals surface area contributed by atoms with E-state index in [0.717, 1.165) is 17.0 Å². The number of thiophene rings is 1. The average molecular weight is 368 g/mol. The molecule has 0 atom stereocenters. The molecule has 2 heterocycles. The van der Waals surface area contributed by atoms with Crippen LogP contribution in [0.5, 0.6) is 0 Å². The minimum Gasteiger partial charge on any atom is -0.501 e. The molecule has 0 aliphatic heterocycles. The molecule has 0 spiro atoms.